The molecule has 1 aliphatic heterocycles. The van der Waals surface area contributed by atoms with Crippen molar-refractivity contribution in [3.63, 3.8) is 0 Å². The van der Waals surface area contributed by atoms with Crippen molar-refractivity contribution in [2.45, 2.75) is 91.5 Å². The third-order valence-corrected chi connectivity index (χ3v) is 6.28. The zero-order valence-corrected chi connectivity index (χ0v) is 18.7. The zero-order chi connectivity index (χ0) is 22.3. The largest absolute Gasteiger partial charge is 0.429 e. The first-order chi connectivity index (χ1) is 14.1. The Labute approximate surface area is 180 Å². The van der Waals surface area contributed by atoms with Gasteiger partial charge in [0, 0.05) is 0 Å². The minimum atomic E-state index is -1.30. The molecule has 0 saturated heterocycles. The highest BCUT2D eigenvalue weighted by Gasteiger charge is 2.29. The van der Waals surface area contributed by atoms with E-state index >= 15 is 0 Å². The molecular formula is C25H36O5. The van der Waals surface area contributed by atoms with E-state index in [1.807, 2.05) is 0 Å². The molecule has 2 rings (SSSR count). The summed E-state index contributed by atoms with van der Waals surface area (Å²) in [7, 11) is 0. The molecule has 0 saturated carbocycles. The maximum absolute atomic E-state index is 11.5. The molecule has 5 heteroatoms. The second-order valence-electron chi connectivity index (χ2n) is 9.15. The standard InChI is InChI=1S/C25H36O5/c1-17(10-12-21-18(2)8-6-14-25(21,3)4)7-5-9-19(16-26)11-13-22(27)20-15-23(28)30-24(20)29/h7,11,15-16,22-23,27-28H,5-6,8-10,12-14H2,1-4H3. The van der Waals surface area contributed by atoms with Crippen molar-refractivity contribution >= 4 is 12.3 Å². The zero-order valence-electron chi connectivity index (χ0n) is 18.7. The first-order valence-electron chi connectivity index (χ1n) is 10.9. The minimum Gasteiger partial charge on any atom is -0.429 e. The van der Waals surface area contributed by atoms with Gasteiger partial charge in [-0.15, -0.1) is 0 Å². The first-order valence-corrected chi connectivity index (χ1v) is 10.9. The van der Waals surface area contributed by atoms with Crippen LogP contribution >= 0.6 is 0 Å². The maximum Gasteiger partial charge on any atom is 0.339 e. The van der Waals surface area contributed by atoms with Gasteiger partial charge in [-0.3, -0.25) is 4.79 Å². The molecule has 0 spiro atoms. The van der Waals surface area contributed by atoms with Gasteiger partial charge in [0.1, 0.15) is 6.29 Å². The molecule has 2 N–H and O–H groups in total. The summed E-state index contributed by atoms with van der Waals surface area (Å²) >= 11 is 0. The van der Waals surface area contributed by atoms with Crippen LogP contribution < -0.4 is 0 Å². The Hall–Kier alpha value is -1.98. The third kappa shape index (κ3) is 6.78. The summed E-state index contributed by atoms with van der Waals surface area (Å²) in [4.78, 5) is 22.9. The van der Waals surface area contributed by atoms with Gasteiger partial charge in [-0.1, -0.05) is 42.7 Å². The Bertz CT molecular complexity index is 766. The van der Waals surface area contributed by atoms with Crippen LogP contribution in [-0.2, 0) is 14.3 Å². The fourth-order valence-electron chi connectivity index (χ4n) is 4.42. The molecule has 1 heterocycles. The SMILES string of the molecule is CC(=CCCC(C=O)=CCC(O)C1=CC(O)OC1=O)CCC1=C(C)CCCC1(C)C. The van der Waals surface area contributed by atoms with E-state index in [0.29, 0.717) is 17.4 Å². The summed E-state index contributed by atoms with van der Waals surface area (Å²) in [6.45, 7) is 9.11. The van der Waals surface area contributed by atoms with E-state index in [9.17, 15) is 19.8 Å². The van der Waals surface area contributed by atoms with Crippen molar-refractivity contribution in [1.29, 1.82) is 0 Å². The van der Waals surface area contributed by atoms with Crippen LogP contribution in [0.3, 0.4) is 0 Å². The lowest BCUT2D eigenvalue weighted by atomic mass is 9.71. The summed E-state index contributed by atoms with van der Waals surface area (Å²) in [5.74, 6) is -0.721. The highest BCUT2D eigenvalue weighted by molar-refractivity contribution is 5.91. The quantitative estimate of drug-likeness (QED) is 0.233. The molecule has 0 bridgehead atoms. The topological polar surface area (TPSA) is 83.8 Å². The van der Waals surface area contributed by atoms with E-state index in [1.54, 1.807) is 17.2 Å². The van der Waals surface area contributed by atoms with E-state index < -0.39 is 18.4 Å². The molecule has 0 fully saturated rings. The van der Waals surface area contributed by atoms with Gasteiger partial charge in [-0.2, -0.15) is 0 Å². The Morgan fingerprint density at radius 2 is 2.07 bits per heavy atom. The number of rotatable bonds is 10. The van der Waals surface area contributed by atoms with Gasteiger partial charge in [0.05, 0.1) is 11.7 Å². The number of carbonyl (C=O) groups excluding carboxylic acids is 2. The molecule has 0 aromatic carbocycles. The number of esters is 1. The number of aldehydes is 1. The van der Waals surface area contributed by atoms with Gasteiger partial charge in [-0.25, -0.2) is 4.79 Å². The highest BCUT2D eigenvalue weighted by atomic mass is 16.6. The first kappa shape index (κ1) is 24.3. The molecule has 0 aromatic rings. The van der Waals surface area contributed by atoms with E-state index in [0.717, 1.165) is 25.5 Å². The molecule has 5 nitrogen and oxygen atoms in total. The molecule has 0 amide bonds. The third-order valence-electron chi connectivity index (χ3n) is 6.28. The number of aliphatic hydroxyl groups excluding tert-OH is 2. The van der Waals surface area contributed by atoms with Crippen molar-refractivity contribution < 1.29 is 24.5 Å². The fraction of sp³-hybridized carbons (Fsp3) is 0.600. The Morgan fingerprint density at radius 3 is 2.67 bits per heavy atom. The average Bonchev–Trinajstić information content (AvgIpc) is 3.01. The minimum absolute atomic E-state index is 0.0370. The van der Waals surface area contributed by atoms with Crippen molar-refractivity contribution in [1.82, 2.24) is 0 Å². The van der Waals surface area contributed by atoms with Crippen LogP contribution in [-0.4, -0.2) is 34.9 Å². The normalized spacial score (nSPS) is 23.3. The van der Waals surface area contributed by atoms with Gasteiger partial charge in [0.2, 0.25) is 6.29 Å². The summed E-state index contributed by atoms with van der Waals surface area (Å²) in [5.41, 5.74) is 5.42. The van der Waals surface area contributed by atoms with E-state index in [4.69, 9.17) is 0 Å². The van der Waals surface area contributed by atoms with E-state index in [1.165, 1.54) is 30.9 Å². The highest BCUT2D eigenvalue weighted by Crippen LogP contribution is 2.42. The van der Waals surface area contributed by atoms with Crippen LogP contribution in [0.4, 0.5) is 0 Å². The van der Waals surface area contributed by atoms with Gasteiger partial charge in [-0.05, 0) is 82.3 Å². The molecule has 30 heavy (non-hydrogen) atoms. The number of allylic oxidation sites excluding steroid dienone is 5. The number of ether oxygens (including phenoxy) is 1. The number of aliphatic hydroxyl groups is 2. The second-order valence-corrected chi connectivity index (χ2v) is 9.15. The predicted molar refractivity (Wildman–Crippen MR) is 118 cm³/mol. The second kappa shape index (κ2) is 10.9. The van der Waals surface area contributed by atoms with Crippen molar-refractivity contribution in [3.05, 3.63) is 46.1 Å². The molecule has 2 unspecified atom stereocenters. The average molecular weight is 417 g/mol. The van der Waals surface area contributed by atoms with Crippen LogP contribution in [0.15, 0.2) is 46.1 Å². The lowest BCUT2D eigenvalue weighted by Crippen LogP contribution is -2.20. The summed E-state index contributed by atoms with van der Waals surface area (Å²) in [5, 5.41) is 19.4. The van der Waals surface area contributed by atoms with Gasteiger partial charge < -0.3 is 14.9 Å². The van der Waals surface area contributed by atoms with Crippen LogP contribution in [0.5, 0.6) is 0 Å². The van der Waals surface area contributed by atoms with Crippen LogP contribution in [0.25, 0.3) is 0 Å². The molecule has 1 aliphatic carbocycles. The van der Waals surface area contributed by atoms with Crippen LogP contribution in [0, 0.1) is 5.41 Å². The van der Waals surface area contributed by atoms with Gasteiger partial charge in [0.15, 0.2) is 0 Å². The van der Waals surface area contributed by atoms with Crippen molar-refractivity contribution in [2.24, 2.45) is 5.41 Å². The van der Waals surface area contributed by atoms with Gasteiger partial charge >= 0.3 is 5.97 Å². The van der Waals surface area contributed by atoms with E-state index in [-0.39, 0.29) is 12.0 Å². The fourth-order valence-corrected chi connectivity index (χ4v) is 4.42. The lowest BCUT2D eigenvalue weighted by molar-refractivity contribution is -0.151. The molecule has 0 radical (unpaired) electrons. The maximum atomic E-state index is 11.5. The number of cyclic esters (lactones) is 1. The van der Waals surface area contributed by atoms with Crippen molar-refractivity contribution in [2.75, 3.05) is 0 Å². The molecule has 166 valence electrons. The van der Waals surface area contributed by atoms with E-state index in [2.05, 4.69) is 38.5 Å². The molecule has 2 atom stereocenters. The predicted octanol–water partition coefficient (Wildman–Crippen LogP) is 4.70. The Morgan fingerprint density at radius 1 is 1.33 bits per heavy atom. The Balaban J connectivity index is 1.83. The summed E-state index contributed by atoms with van der Waals surface area (Å²) in [6.07, 6.45) is 10.8. The summed E-state index contributed by atoms with van der Waals surface area (Å²) < 4.78 is 4.57. The number of hydrogen-bond acceptors (Lipinski definition) is 5. The van der Waals surface area contributed by atoms with Crippen LogP contribution in [0.2, 0.25) is 0 Å². The summed E-state index contributed by atoms with van der Waals surface area (Å²) in [6, 6.07) is 0. The van der Waals surface area contributed by atoms with Crippen molar-refractivity contribution in [3.8, 4) is 0 Å². The molecule has 0 aromatic heterocycles. The smallest absolute Gasteiger partial charge is 0.339 e. The lowest BCUT2D eigenvalue weighted by Gasteiger charge is -2.35. The Kier molecular flexibility index (Phi) is 8.80. The molecular weight excluding hydrogens is 380 g/mol. The van der Waals surface area contributed by atoms with Gasteiger partial charge in [0.25, 0.3) is 0 Å². The number of hydrogen-bond donors (Lipinski definition) is 2. The number of carbonyl (C=O) groups is 2. The monoisotopic (exact) mass is 416 g/mol. The van der Waals surface area contributed by atoms with Crippen LogP contribution in [0.1, 0.15) is 79.1 Å². The molecule has 2 aliphatic rings.